The van der Waals surface area contributed by atoms with Crippen LogP contribution in [0.1, 0.15) is 12.8 Å². The molecule has 4 fully saturated rings. The molecular weight excluding hydrogens is 281 g/mol. The van der Waals surface area contributed by atoms with E-state index in [4.69, 9.17) is 0 Å². The molecule has 1 N–H and O–H groups in total. The molecule has 0 spiro atoms. The predicted molar refractivity (Wildman–Crippen MR) is 79.1 cm³/mol. The van der Waals surface area contributed by atoms with Gasteiger partial charge in [-0.05, 0) is 31.8 Å². The Morgan fingerprint density at radius 3 is 1.88 bits per heavy atom. The fourth-order valence-electron chi connectivity index (χ4n) is 3.36. The molecule has 6 heteroatoms. The second-order valence-electron chi connectivity index (χ2n) is 4.99. The van der Waals surface area contributed by atoms with Crippen LogP contribution in [0.15, 0.2) is 0 Å². The number of piperazine rings is 1. The third kappa shape index (κ3) is 3.85. The summed E-state index contributed by atoms with van der Waals surface area (Å²) in [6.07, 6.45) is 2.91. The highest BCUT2D eigenvalue weighted by molar-refractivity contribution is 5.86. The normalized spacial score (nSPS) is 36.4. The van der Waals surface area contributed by atoms with E-state index in [1.807, 2.05) is 0 Å². The lowest BCUT2D eigenvalue weighted by atomic mass is 9.83. The zero-order valence-electron chi connectivity index (χ0n) is 10.1. The molecule has 0 aliphatic carbocycles. The first-order valence-electron chi connectivity index (χ1n) is 6.10. The van der Waals surface area contributed by atoms with Crippen LogP contribution in [0.25, 0.3) is 0 Å². The number of nitrogens with zero attached hydrogens (tertiary/aromatic N) is 2. The van der Waals surface area contributed by atoms with E-state index in [0.29, 0.717) is 0 Å². The average Bonchev–Trinajstić information content (AvgIpc) is 2.32. The maximum absolute atomic E-state index is 3.44. The van der Waals surface area contributed by atoms with Crippen LogP contribution in [-0.4, -0.2) is 61.7 Å². The monoisotopic (exact) mass is 303 g/mol. The van der Waals surface area contributed by atoms with Crippen molar-refractivity contribution in [2.24, 2.45) is 5.92 Å². The van der Waals surface area contributed by atoms with E-state index in [0.717, 1.165) is 12.0 Å². The summed E-state index contributed by atoms with van der Waals surface area (Å²) in [6, 6.07) is 0.889. The van der Waals surface area contributed by atoms with E-state index in [9.17, 15) is 0 Å². The lowest BCUT2D eigenvalue weighted by Crippen LogP contribution is -2.60. The minimum absolute atomic E-state index is 0. The number of rotatable bonds is 1. The average molecular weight is 305 g/mol. The van der Waals surface area contributed by atoms with Gasteiger partial charge in [-0.3, -0.25) is 4.90 Å². The minimum Gasteiger partial charge on any atom is -0.314 e. The van der Waals surface area contributed by atoms with Crippen LogP contribution in [0.5, 0.6) is 0 Å². The highest BCUT2D eigenvalue weighted by Crippen LogP contribution is 2.30. The summed E-state index contributed by atoms with van der Waals surface area (Å²) in [5.41, 5.74) is 0. The maximum atomic E-state index is 3.44. The van der Waals surface area contributed by atoms with Gasteiger partial charge in [0, 0.05) is 38.8 Å². The third-order valence-corrected chi connectivity index (χ3v) is 4.24. The maximum Gasteiger partial charge on any atom is 0.0253 e. The van der Waals surface area contributed by atoms with E-state index < -0.39 is 0 Å². The highest BCUT2D eigenvalue weighted by Gasteiger charge is 2.37. The second kappa shape index (κ2) is 8.03. The first-order valence-corrected chi connectivity index (χ1v) is 6.10. The lowest BCUT2D eigenvalue weighted by molar-refractivity contribution is 0.000608. The van der Waals surface area contributed by atoms with E-state index in [1.165, 1.54) is 58.7 Å². The van der Waals surface area contributed by atoms with Gasteiger partial charge in [0.25, 0.3) is 0 Å². The zero-order chi connectivity index (χ0) is 9.38. The van der Waals surface area contributed by atoms with Crippen LogP contribution in [0.2, 0.25) is 0 Å². The summed E-state index contributed by atoms with van der Waals surface area (Å²) in [4.78, 5) is 5.39. The second-order valence-corrected chi connectivity index (χ2v) is 4.99. The Balaban J connectivity index is 0.000000853. The predicted octanol–water partition coefficient (Wildman–Crippen LogP) is 1.25. The molecule has 3 nitrogen and oxygen atoms in total. The van der Waals surface area contributed by atoms with Crippen LogP contribution < -0.4 is 5.32 Å². The number of hydrogen-bond donors (Lipinski definition) is 1. The molecule has 2 bridgehead atoms. The Labute approximate surface area is 123 Å². The highest BCUT2D eigenvalue weighted by atomic mass is 35.5. The summed E-state index contributed by atoms with van der Waals surface area (Å²) in [5.74, 6) is 1.01. The number of nitrogens with one attached hydrogen (secondary N) is 1. The van der Waals surface area contributed by atoms with E-state index in [-0.39, 0.29) is 37.2 Å². The summed E-state index contributed by atoms with van der Waals surface area (Å²) >= 11 is 0. The first-order chi connectivity index (χ1) is 6.93. The fraction of sp³-hybridized carbons (Fsp3) is 1.00. The smallest absolute Gasteiger partial charge is 0.0253 e. The molecule has 4 rings (SSSR count). The summed E-state index contributed by atoms with van der Waals surface area (Å²) in [7, 11) is 0. The molecule has 0 amide bonds. The number of hydrogen-bond acceptors (Lipinski definition) is 3. The van der Waals surface area contributed by atoms with Gasteiger partial charge in [-0.25, -0.2) is 0 Å². The van der Waals surface area contributed by atoms with Crippen molar-refractivity contribution in [3.63, 3.8) is 0 Å². The van der Waals surface area contributed by atoms with Gasteiger partial charge in [0.1, 0.15) is 0 Å². The van der Waals surface area contributed by atoms with Crippen molar-refractivity contribution < 1.29 is 0 Å². The SMILES string of the molecule is C1CN(C2CN3CCC2CC3)CCN1.Cl.Cl.Cl. The van der Waals surface area contributed by atoms with Crippen molar-refractivity contribution in [3.8, 4) is 0 Å². The molecule has 104 valence electrons. The van der Waals surface area contributed by atoms with Crippen molar-refractivity contribution in [1.29, 1.82) is 0 Å². The van der Waals surface area contributed by atoms with Crippen LogP contribution in [0, 0.1) is 5.92 Å². The van der Waals surface area contributed by atoms with Gasteiger partial charge >= 0.3 is 0 Å². The molecule has 0 aromatic rings. The summed E-state index contributed by atoms with van der Waals surface area (Å²) < 4.78 is 0. The molecule has 0 radical (unpaired) electrons. The van der Waals surface area contributed by atoms with Crippen LogP contribution in [0.4, 0.5) is 0 Å². The molecule has 0 saturated carbocycles. The third-order valence-electron chi connectivity index (χ3n) is 4.24. The standard InChI is InChI=1S/C11H21N3.3ClH/c1-5-13-6-2-10(1)11(9-13)14-7-3-12-4-8-14;;;/h10-12H,1-9H2;3*1H. The molecule has 4 heterocycles. The van der Waals surface area contributed by atoms with Gasteiger partial charge in [0.15, 0.2) is 0 Å². The van der Waals surface area contributed by atoms with Crippen molar-refractivity contribution >= 4 is 37.2 Å². The van der Waals surface area contributed by atoms with Crippen molar-refractivity contribution in [2.45, 2.75) is 18.9 Å². The lowest BCUT2D eigenvalue weighted by Gasteiger charge is -2.50. The zero-order valence-corrected chi connectivity index (χ0v) is 12.6. The number of halogens is 3. The van der Waals surface area contributed by atoms with Crippen molar-refractivity contribution in [1.82, 2.24) is 15.1 Å². The van der Waals surface area contributed by atoms with Gasteiger partial charge in [0.2, 0.25) is 0 Å². The fourth-order valence-corrected chi connectivity index (χ4v) is 3.36. The quantitative estimate of drug-likeness (QED) is 0.787. The minimum atomic E-state index is 0. The molecule has 1 unspecified atom stereocenters. The topological polar surface area (TPSA) is 18.5 Å². The van der Waals surface area contributed by atoms with Crippen LogP contribution in [0.3, 0.4) is 0 Å². The van der Waals surface area contributed by atoms with Crippen LogP contribution >= 0.6 is 37.2 Å². The molecule has 0 aromatic carbocycles. The molecule has 4 aliphatic heterocycles. The van der Waals surface area contributed by atoms with Crippen LogP contribution in [-0.2, 0) is 0 Å². The van der Waals surface area contributed by atoms with Gasteiger partial charge < -0.3 is 10.2 Å². The summed E-state index contributed by atoms with van der Waals surface area (Å²) in [6.45, 7) is 9.03. The molecule has 17 heavy (non-hydrogen) atoms. The molecular formula is C11H24Cl3N3. The Kier molecular flexibility index (Phi) is 8.38. The van der Waals surface area contributed by atoms with E-state index in [1.54, 1.807) is 0 Å². The number of piperidine rings is 3. The van der Waals surface area contributed by atoms with Gasteiger partial charge in [0.05, 0.1) is 0 Å². The van der Waals surface area contributed by atoms with E-state index in [2.05, 4.69) is 15.1 Å². The van der Waals surface area contributed by atoms with Gasteiger partial charge in [-0.2, -0.15) is 0 Å². The Morgan fingerprint density at radius 2 is 1.41 bits per heavy atom. The molecule has 0 aromatic heterocycles. The van der Waals surface area contributed by atoms with Gasteiger partial charge in [-0.15, -0.1) is 37.2 Å². The van der Waals surface area contributed by atoms with E-state index >= 15 is 0 Å². The molecule has 4 aliphatic rings. The largest absolute Gasteiger partial charge is 0.314 e. The molecule has 1 atom stereocenters. The number of fused-ring (bicyclic) bond motifs is 3. The Morgan fingerprint density at radius 1 is 0.824 bits per heavy atom. The Hall–Kier alpha value is 0.750. The Bertz CT molecular complexity index is 204. The van der Waals surface area contributed by atoms with Crippen molar-refractivity contribution in [3.05, 3.63) is 0 Å². The first kappa shape index (κ1) is 17.8. The summed E-state index contributed by atoms with van der Waals surface area (Å²) in [5, 5.41) is 3.44. The molecule has 4 saturated heterocycles. The van der Waals surface area contributed by atoms with Gasteiger partial charge in [-0.1, -0.05) is 0 Å². The van der Waals surface area contributed by atoms with Crippen molar-refractivity contribution in [2.75, 3.05) is 45.8 Å².